The molecule has 3 amide bonds. The van der Waals surface area contributed by atoms with Crippen molar-refractivity contribution in [3.63, 3.8) is 0 Å². The van der Waals surface area contributed by atoms with Crippen molar-refractivity contribution in [3.8, 4) is 0 Å². The Morgan fingerprint density at radius 3 is 2.29 bits per heavy atom. The SMILES string of the molecule is CC(=O)N1CCN(C(=O)CCC(=O)Nc2ccc(Br)cc2C)CC1. The van der Waals surface area contributed by atoms with Gasteiger partial charge in [-0.05, 0) is 30.7 Å². The lowest BCUT2D eigenvalue weighted by molar-refractivity contribution is -0.138. The maximum Gasteiger partial charge on any atom is 0.224 e. The van der Waals surface area contributed by atoms with Crippen LogP contribution < -0.4 is 5.32 Å². The molecule has 0 saturated carbocycles. The summed E-state index contributed by atoms with van der Waals surface area (Å²) in [6.07, 6.45) is 0.336. The molecule has 24 heavy (non-hydrogen) atoms. The molecule has 0 unspecified atom stereocenters. The average Bonchev–Trinajstić information content (AvgIpc) is 2.55. The number of hydrogen-bond donors (Lipinski definition) is 1. The zero-order valence-electron chi connectivity index (χ0n) is 14.0. The summed E-state index contributed by atoms with van der Waals surface area (Å²) < 4.78 is 0.956. The van der Waals surface area contributed by atoms with E-state index in [2.05, 4.69) is 21.2 Å². The first-order valence-corrected chi connectivity index (χ1v) is 8.75. The van der Waals surface area contributed by atoms with Gasteiger partial charge in [-0.25, -0.2) is 0 Å². The highest BCUT2D eigenvalue weighted by Crippen LogP contribution is 2.20. The Morgan fingerprint density at radius 1 is 1.08 bits per heavy atom. The van der Waals surface area contributed by atoms with Crippen LogP contribution in [0.5, 0.6) is 0 Å². The molecule has 0 spiro atoms. The molecule has 0 aromatic heterocycles. The van der Waals surface area contributed by atoms with Gasteiger partial charge in [0.25, 0.3) is 0 Å². The summed E-state index contributed by atoms with van der Waals surface area (Å²) in [5.74, 6) is -0.177. The molecule has 1 saturated heterocycles. The van der Waals surface area contributed by atoms with E-state index < -0.39 is 0 Å². The normalized spacial score (nSPS) is 14.5. The Hall–Kier alpha value is -1.89. The number of carbonyl (C=O) groups excluding carboxylic acids is 3. The van der Waals surface area contributed by atoms with Crippen molar-refractivity contribution >= 4 is 39.3 Å². The van der Waals surface area contributed by atoms with Gasteiger partial charge in [0.1, 0.15) is 0 Å². The number of rotatable bonds is 4. The summed E-state index contributed by atoms with van der Waals surface area (Å²) in [6.45, 7) is 5.64. The van der Waals surface area contributed by atoms with Crippen LogP contribution in [0.1, 0.15) is 25.3 Å². The molecule has 1 fully saturated rings. The number of aryl methyl sites for hydroxylation is 1. The van der Waals surface area contributed by atoms with E-state index in [-0.39, 0.29) is 30.6 Å². The van der Waals surface area contributed by atoms with Crippen LogP contribution in [0.4, 0.5) is 5.69 Å². The summed E-state index contributed by atoms with van der Waals surface area (Å²) >= 11 is 3.38. The Balaban J connectivity index is 1.77. The predicted molar refractivity (Wildman–Crippen MR) is 95.6 cm³/mol. The first kappa shape index (κ1) is 18.4. The summed E-state index contributed by atoms with van der Waals surface area (Å²) in [7, 11) is 0. The van der Waals surface area contributed by atoms with Gasteiger partial charge in [-0.1, -0.05) is 15.9 Å². The highest BCUT2D eigenvalue weighted by Gasteiger charge is 2.22. The maximum atomic E-state index is 12.2. The summed E-state index contributed by atoms with van der Waals surface area (Å²) in [4.78, 5) is 38.9. The number of anilines is 1. The number of hydrogen-bond acceptors (Lipinski definition) is 3. The fourth-order valence-corrected chi connectivity index (χ4v) is 3.10. The minimum absolute atomic E-state index is 0.0337. The van der Waals surface area contributed by atoms with Gasteiger partial charge in [-0.3, -0.25) is 14.4 Å². The monoisotopic (exact) mass is 395 g/mol. The lowest BCUT2D eigenvalue weighted by Crippen LogP contribution is -2.50. The molecule has 2 rings (SSSR count). The third-order valence-corrected chi connectivity index (χ3v) is 4.60. The van der Waals surface area contributed by atoms with Crippen molar-refractivity contribution in [2.45, 2.75) is 26.7 Å². The summed E-state index contributed by atoms with van der Waals surface area (Å²) in [6, 6.07) is 5.62. The third kappa shape index (κ3) is 5.06. The van der Waals surface area contributed by atoms with E-state index in [0.717, 1.165) is 15.7 Å². The highest BCUT2D eigenvalue weighted by molar-refractivity contribution is 9.10. The second-order valence-electron chi connectivity index (χ2n) is 5.89. The number of amides is 3. The van der Waals surface area contributed by atoms with Crippen LogP contribution in [0.2, 0.25) is 0 Å². The van der Waals surface area contributed by atoms with Crippen molar-refractivity contribution in [2.75, 3.05) is 31.5 Å². The second-order valence-corrected chi connectivity index (χ2v) is 6.81. The molecule has 1 N–H and O–H groups in total. The average molecular weight is 396 g/mol. The lowest BCUT2D eigenvalue weighted by Gasteiger charge is -2.34. The molecule has 0 aliphatic carbocycles. The van der Waals surface area contributed by atoms with Crippen molar-refractivity contribution in [3.05, 3.63) is 28.2 Å². The van der Waals surface area contributed by atoms with Crippen LogP contribution in [0.3, 0.4) is 0 Å². The molecular formula is C17H22BrN3O3. The second kappa shape index (κ2) is 8.28. The first-order valence-electron chi connectivity index (χ1n) is 7.96. The molecule has 0 bridgehead atoms. The molecule has 1 heterocycles. The van der Waals surface area contributed by atoms with Crippen LogP contribution in [0, 0.1) is 6.92 Å². The van der Waals surface area contributed by atoms with Gasteiger partial charge in [0, 0.05) is 56.1 Å². The van der Waals surface area contributed by atoms with E-state index in [1.165, 1.54) is 6.92 Å². The Kier molecular flexibility index (Phi) is 6.36. The van der Waals surface area contributed by atoms with Gasteiger partial charge in [0.05, 0.1) is 0 Å². The zero-order valence-corrected chi connectivity index (χ0v) is 15.6. The molecule has 1 aliphatic rings. The largest absolute Gasteiger partial charge is 0.339 e. The number of halogens is 1. The third-order valence-electron chi connectivity index (χ3n) is 4.11. The van der Waals surface area contributed by atoms with Gasteiger partial charge >= 0.3 is 0 Å². The molecule has 6 nitrogen and oxygen atoms in total. The van der Waals surface area contributed by atoms with Crippen LogP contribution in [0.15, 0.2) is 22.7 Å². The van der Waals surface area contributed by atoms with E-state index in [4.69, 9.17) is 0 Å². The minimum Gasteiger partial charge on any atom is -0.339 e. The van der Waals surface area contributed by atoms with Crippen LogP contribution >= 0.6 is 15.9 Å². The number of benzene rings is 1. The minimum atomic E-state index is -0.170. The van der Waals surface area contributed by atoms with Gasteiger partial charge in [-0.2, -0.15) is 0 Å². The van der Waals surface area contributed by atoms with Crippen LogP contribution in [0.25, 0.3) is 0 Å². The Morgan fingerprint density at radius 2 is 1.71 bits per heavy atom. The molecule has 1 aromatic carbocycles. The maximum absolute atomic E-state index is 12.2. The van der Waals surface area contributed by atoms with Crippen molar-refractivity contribution in [1.82, 2.24) is 9.80 Å². The van der Waals surface area contributed by atoms with E-state index in [9.17, 15) is 14.4 Å². The molecule has 1 aliphatic heterocycles. The molecule has 1 aromatic rings. The van der Waals surface area contributed by atoms with E-state index in [1.807, 2.05) is 25.1 Å². The van der Waals surface area contributed by atoms with Gasteiger partial charge in [0.15, 0.2) is 0 Å². The smallest absolute Gasteiger partial charge is 0.224 e. The standard InChI is InChI=1S/C17H22BrN3O3/c1-12-11-14(18)3-4-15(12)19-16(23)5-6-17(24)21-9-7-20(8-10-21)13(2)22/h3-4,11H,5-10H2,1-2H3,(H,19,23). The molecule has 0 atom stereocenters. The van der Waals surface area contributed by atoms with Crippen molar-refractivity contribution in [2.24, 2.45) is 0 Å². The van der Waals surface area contributed by atoms with E-state index in [1.54, 1.807) is 9.80 Å². The van der Waals surface area contributed by atoms with Crippen LogP contribution in [-0.4, -0.2) is 53.7 Å². The number of nitrogens with one attached hydrogen (secondary N) is 1. The first-order chi connectivity index (χ1) is 11.4. The highest BCUT2D eigenvalue weighted by atomic mass is 79.9. The molecule has 130 valence electrons. The fraction of sp³-hybridized carbons (Fsp3) is 0.471. The predicted octanol–water partition coefficient (Wildman–Crippen LogP) is 2.17. The van der Waals surface area contributed by atoms with Crippen molar-refractivity contribution < 1.29 is 14.4 Å². The zero-order chi connectivity index (χ0) is 17.7. The van der Waals surface area contributed by atoms with Crippen LogP contribution in [-0.2, 0) is 14.4 Å². The fourth-order valence-electron chi connectivity index (χ4n) is 2.63. The quantitative estimate of drug-likeness (QED) is 0.848. The van der Waals surface area contributed by atoms with Gasteiger partial charge in [-0.15, -0.1) is 0 Å². The van der Waals surface area contributed by atoms with Gasteiger partial charge in [0.2, 0.25) is 17.7 Å². The topological polar surface area (TPSA) is 69.7 Å². The number of nitrogens with zero attached hydrogens (tertiary/aromatic N) is 2. The van der Waals surface area contributed by atoms with E-state index >= 15 is 0 Å². The summed E-state index contributed by atoms with van der Waals surface area (Å²) in [5.41, 5.74) is 1.72. The molecule has 0 radical (unpaired) electrons. The summed E-state index contributed by atoms with van der Waals surface area (Å²) in [5, 5.41) is 2.83. The molecular weight excluding hydrogens is 374 g/mol. The van der Waals surface area contributed by atoms with Gasteiger partial charge < -0.3 is 15.1 Å². The molecule has 7 heteroatoms. The number of carbonyl (C=O) groups is 3. The van der Waals surface area contributed by atoms with Crippen molar-refractivity contribution in [1.29, 1.82) is 0 Å². The lowest BCUT2D eigenvalue weighted by atomic mass is 10.2. The Labute approximate surface area is 150 Å². The Bertz CT molecular complexity index is 640. The number of piperazine rings is 1. The van der Waals surface area contributed by atoms with E-state index in [0.29, 0.717) is 26.2 Å².